The van der Waals surface area contributed by atoms with Gasteiger partial charge in [-0.25, -0.2) is 0 Å². The van der Waals surface area contributed by atoms with E-state index in [2.05, 4.69) is 46.4 Å². The van der Waals surface area contributed by atoms with Gasteiger partial charge in [-0.15, -0.1) is 0 Å². The molecule has 0 radical (unpaired) electrons. The maximum Gasteiger partial charge on any atom is 0.117 e. The molecule has 0 saturated heterocycles. The number of benzene rings is 1. The first-order valence-corrected chi connectivity index (χ1v) is 6.45. The number of furan rings is 1. The SMILES string of the molecule is Cc1ccc(CNCc2ccc(C)c(Br)c2)o1. The Morgan fingerprint density at radius 3 is 2.59 bits per heavy atom. The molecule has 0 saturated carbocycles. The highest BCUT2D eigenvalue weighted by Crippen LogP contribution is 2.17. The van der Waals surface area contributed by atoms with Gasteiger partial charge in [0.15, 0.2) is 0 Å². The molecule has 3 heteroatoms. The van der Waals surface area contributed by atoms with Crippen LogP contribution < -0.4 is 5.32 Å². The van der Waals surface area contributed by atoms with Crippen molar-refractivity contribution in [1.29, 1.82) is 0 Å². The first-order chi connectivity index (χ1) is 8.15. The van der Waals surface area contributed by atoms with Crippen molar-refractivity contribution in [3.05, 3.63) is 57.5 Å². The van der Waals surface area contributed by atoms with Crippen LogP contribution in [0.2, 0.25) is 0 Å². The molecule has 0 spiro atoms. The number of halogens is 1. The molecule has 1 aromatic carbocycles. The minimum atomic E-state index is 0.763. The minimum Gasteiger partial charge on any atom is -0.465 e. The summed E-state index contributed by atoms with van der Waals surface area (Å²) in [5, 5.41) is 3.36. The molecule has 0 aliphatic carbocycles. The van der Waals surface area contributed by atoms with Crippen molar-refractivity contribution in [2.75, 3.05) is 0 Å². The number of rotatable bonds is 4. The van der Waals surface area contributed by atoms with Crippen molar-refractivity contribution in [1.82, 2.24) is 5.32 Å². The van der Waals surface area contributed by atoms with Crippen LogP contribution in [0.3, 0.4) is 0 Å². The zero-order valence-corrected chi connectivity index (χ0v) is 11.7. The van der Waals surface area contributed by atoms with E-state index in [0.29, 0.717) is 0 Å². The van der Waals surface area contributed by atoms with Gasteiger partial charge >= 0.3 is 0 Å². The van der Waals surface area contributed by atoms with Crippen LogP contribution in [-0.4, -0.2) is 0 Å². The Morgan fingerprint density at radius 1 is 1.12 bits per heavy atom. The summed E-state index contributed by atoms with van der Waals surface area (Å²) in [6.07, 6.45) is 0. The maximum absolute atomic E-state index is 5.49. The molecule has 2 aromatic rings. The quantitative estimate of drug-likeness (QED) is 0.923. The third kappa shape index (κ3) is 3.45. The largest absolute Gasteiger partial charge is 0.465 e. The second kappa shape index (κ2) is 5.52. The second-order valence-corrected chi connectivity index (χ2v) is 5.05. The fourth-order valence-electron chi connectivity index (χ4n) is 1.66. The monoisotopic (exact) mass is 293 g/mol. The smallest absolute Gasteiger partial charge is 0.117 e. The summed E-state index contributed by atoms with van der Waals surface area (Å²) in [7, 11) is 0. The number of hydrogen-bond acceptors (Lipinski definition) is 2. The lowest BCUT2D eigenvalue weighted by molar-refractivity contribution is 0.461. The van der Waals surface area contributed by atoms with E-state index in [9.17, 15) is 0 Å². The maximum atomic E-state index is 5.49. The Morgan fingerprint density at radius 2 is 1.94 bits per heavy atom. The minimum absolute atomic E-state index is 0.763. The summed E-state index contributed by atoms with van der Waals surface area (Å²) in [6, 6.07) is 10.4. The third-order valence-corrected chi connectivity index (χ3v) is 3.51. The second-order valence-electron chi connectivity index (χ2n) is 4.20. The van der Waals surface area contributed by atoms with Crippen LogP contribution in [0.4, 0.5) is 0 Å². The molecule has 2 rings (SSSR count). The number of hydrogen-bond donors (Lipinski definition) is 1. The summed E-state index contributed by atoms with van der Waals surface area (Å²) < 4.78 is 6.65. The Hall–Kier alpha value is -1.06. The van der Waals surface area contributed by atoms with Crippen LogP contribution in [0.5, 0.6) is 0 Å². The van der Waals surface area contributed by atoms with E-state index in [1.54, 1.807) is 0 Å². The molecule has 0 atom stereocenters. The predicted molar refractivity (Wildman–Crippen MR) is 72.9 cm³/mol. The normalized spacial score (nSPS) is 10.8. The van der Waals surface area contributed by atoms with Crippen LogP contribution in [0.15, 0.2) is 39.2 Å². The van der Waals surface area contributed by atoms with Crippen LogP contribution in [-0.2, 0) is 13.1 Å². The van der Waals surface area contributed by atoms with Gasteiger partial charge in [-0.05, 0) is 43.2 Å². The van der Waals surface area contributed by atoms with E-state index >= 15 is 0 Å². The molecule has 1 N–H and O–H groups in total. The zero-order valence-electron chi connectivity index (χ0n) is 10.1. The van der Waals surface area contributed by atoms with Crippen LogP contribution in [0.25, 0.3) is 0 Å². The van der Waals surface area contributed by atoms with E-state index in [0.717, 1.165) is 29.1 Å². The van der Waals surface area contributed by atoms with E-state index < -0.39 is 0 Å². The molecule has 0 fully saturated rings. The lowest BCUT2D eigenvalue weighted by Crippen LogP contribution is -2.12. The molecule has 0 bridgehead atoms. The van der Waals surface area contributed by atoms with Crippen LogP contribution in [0.1, 0.15) is 22.6 Å². The Kier molecular flexibility index (Phi) is 4.02. The topological polar surface area (TPSA) is 25.2 Å². The molecular weight excluding hydrogens is 278 g/mol. The Bertz CT molecular complexity index is 505. The van der Waals surface area contributed by atoms with Crippen molar-refractivity contribution in [3.63, 3.8) is 0 Å². The van der Waals surface area contributed by atoms with Gasteiger partial charge in [0.2, 0.25) is 0 Å². The van der Waals surface area contributed by atoms with Crippen molar-refractivity contribution >= 4 is 15.9 Å². The Labute approximate surface area is 110 Å². The van der Waals surface area contributed by atoms with Crippen molar-refractivity contribution in [2.24, 2.45) is 0 Å². The van der Waals surface area contributed by atoms with Crippen molar-refractivity contribution in [3.8, 4) is 0 Å². The number of nitrogens with one attached hydrogen (secondary N) is 1. The summed E-state index contributed by atoms with van der Waals surface area (Å²) in [5.74, 6) is 1.94. The average Bonchev–Trinajstić information content (AvgIpc) is 2.70. The highest BCUT2D eigenvalue weighted by molar-refractivity contribution is 9.10. The van der Waals surface area contributed by atoms with Gasteiger partial charge in [0.1, 0.15) is 11.5 Å². The average molecular weight is 294 g/mol. The molecule has 0 amide bonds. The van der Waals surface area contributed by atoms with Crippen LogP contribution >= 0.6 is 15.9 Å². The lowest BCUT2D eigenvalue weighted by atomic mass is 10.1. The van der Waals surface area contributed by atoms with Gasteiger partial charge in [-0.3, -0.25) is 0 Å². The third-order valence-electron chi connectivity index (χ3n) is 2.66. The summed E-state index contributed by atoms with van der Waals surface area (Å²) in [6.45, 7) is 5.66. The molecule has 17 heavy (non-hydrogen) atoms. The van der Waals surface area contributed by atoms with E-state index in [-0.39, 0.29) is 0 Å². The zero-order chi connectivity index (χ0) is 12.3. The van der Waals surface area contributed by atoms with Gasteiger partial charge in [-0.1, -0.05) is 28.1 Å². The highest BCUT2D eigenvalue weighted by atomic mass is 79.9. The molecule has 0 unspecified atom stereocenters. The number of aryl methyl sites for hydroxylation is 2. The molecule has 90 valence electrons. The highest BCUT2D eigenvalue weighted by Gasteiger charge is 2.00. The molecule has 2 nitrogen and oxygen atoms in total. The Balaban J connectivity index is 1.87. The lowest BCUT2D eigenvalue weighted by Gasteiger charge is -2.05. The molecule has 0 aliphatic heterocycles. The first kappa shape index (κ1) is 12.4. The molecule has 1 aromatic heterocycles. The van der Waals surface area contributed by atoms with Gasteiger partial charge in [0.25, 0.3) is 0 Å². The van der Waals surface area contributed by atoms with Crippen molar-refractivity contribution < 1.29 is 4.42 Å². The van der Waals surface area contributed by atoms with E-state index in [4.69, 9.17) is 4.42 Å². The van der Waals surface area contributed by atoms with Crippen LogP contribution in [0, 0.1) is 13.8 Å². The van der Waals surface area contributed by atoms with Gasteiger partial charge in [0, 0.05) is 11.0 Å². The standard InChI is InChI=1S/C14H16BrNO/c1-10-3-5-12(7-14(10)15)8-16-9-13-6-4-11(2)17-13/h3-7,16H,8-9H2,1-2H3. The fourth-order valence-corrected chi connectivity index (χ4v) is 2.08. The summed E-state index contributed by atoms with van der Waals surface area (Å²) >= 11 is 3.54. The fraction of sp³-hybridized carbons (Fsp3) is 0.286. The summed E-state index contributed by atoms with van der Waals surface area (Å²) in [5.41, 5.74) is 2.53. The van der Waals surface area contributed by atoms with E-state index in [1.807, 2.05) is 19.1 Å². The van der Waals surface area contributed by atoms with E-state index in [1.165, 1.54) is 11.1 Å². The molecule has 1 heterocycles. The first-order valence-electron chi connectivity index (χ1n) is 5.66. The summed E-state index contributed by atoms with van der Waals surface area (Å²) in [4.78, 5) is 0. The van der Waals surface area contributed by atoms with Crippen molar-refractivity contribution in [2.45, 2.75) is 26.9 Å². The van der Waals surface area contributed by atoms with Gasteiger partial charge < -0.3 is 9.73 Å². The molecule has 0 aliphatic rings. The predicted octanol–water partition coefficient (Wildman–Crippen LogP) is 3.95. The molecular formula is C14H16BrNO. The van der Waals surface area contributed by atoms with Gasteiger partial charge in [0.05, 0.1) is 6.54 Å². The van der Waals surface area contributed by atoms with Gasteiger partial charge in [-0.2, -0.15) is 0 Å².